The number of aromatic nitrogens is 1. The lowest BCUT2D eigenvalue weighted by Gasteiger charge is -2.15. The maximum absolute atomic E-state index is 12.3. The number of primary amides is 1. The van der Waals surface area contributed by atoms with E-state index in [1.54, 1.807) is 29.1 Å². The maximum atomic E-state index is 12.3. The van der Waals surface area contributed by atoms with Crippen LogP contribution in [-0.2, 0) is 11.3 Å². The second-order valence-electron chi connectivity index (χ2n) is 5.57. The number of anilines is 1. The van der Waals surface area contributed by atoms with Gasteiger partial charge in [0.15, 0.2) is 12.4 Å². The van der Waals surface area contributed by atoms with Gasteiger partial charge in [0, 0.05) is 11.8 Å². The van der Waals surface area contributed by atoms with Crippen LogP contribution < -0.4 is 15.6 Å². The van der Waals surface area contributed by atoms with Crippen molar-refractivity contribution in [2.45, 2.75) is 32.7 Å². The number of nitrogens with zero attached hydrogens (tertiary/aromatic N) is 1. The van der Waals surface area contributed by atoms with E-state index in [9.17, 15) is 9.59 Å². The van der Waals surface area contributed by atoms with E-state index in [2.05, 4.69) is 19.2 Å². The van der Waals surface area contributed by atoms with Crippen LogP contribution in [0.5, 0.6) is 0 Å². The summed E-state index contributed by atoms with van der Waals surface area (Å²) in [6.07, 6.45) is 4.30. The first-order valence-electron chi connectivity index (χ1n) is 7.69. The van der Waals surface area contributed by atoms with Gasteiger partial charge in [0.2, 0.25) is 6.54 Å². The maximum Gasteiger partial charge on any atom is 0.290 e. The number of pyridine rings is 1. The molecule has 0 radical (unpaired) electrons. The van der Waals surface area contributed by atoms with Crippen LogP contribution in [0.2, 0.25) is 0 Å². The smallest absolute Gasteiger partial charge is 0.290 e. The molecule has 2 aromatic rings. The molecule has 0 aliphatic heterocycles. The van der Waals surface area contributed by atoms with Gasteiger partial charge in [-0.15, -0.1) is 0 Å². The number of amides is 2. The van der Waals surface area contributed by atoms with Crippen LogP contribution in [0, 0.1) is 0 Å². The topological polar surface area (TPSA) is 76.1 Å². The zero-order valence-electron chi connectivity index (χ0n) is 13.5. The molecule has 3 N–H and O–H groups in total. The second-order valence-corrected chi connectivity index (χ2v) is 5.57. The lowest BCUT2D eigenvalue weighted by molar-refractivity contribution is -0.684. The molecule has 1 atom stereocenters. The van der Waals surface area contributed by atoms with Crippen molar-refractivity contribution in [2.75, 3.05) is 5.32 Å². The first-order valence-corrected chi connectivity index (χ1v) is 7.69. The monoisotopic (exact) mass is 312 g/mol. The molecule has 0 spiro atoms. The van der Waals surface area contributed by atoms with E-state index in [1.165, 1.54) is 0 Å². The highest BCUT2D eigenvalue weighted by molar-refractivity contribution is 5.92. The van der Waals surface area contributed by atoms with Gasteiger partial charge in [-0.1, -0.05) is 32.0 Å². The molecular weight excluding hydrogens is 290 g/mol. The Morgan fingerprint density at radius 2 is 1.96 bits per heavy atom. The Bertz CT molecular complexity index is 713. The quantitative estimate of drug-likeness (QED) is 0.803. The summed E-state index contributed by atoms with van der Waals surface area (Å²) in [5.41, 5.74) is 7.58. The molecule has 0 bridgehead atoms. The van der Waals surface area contributed by atoms with Gasteiger partial charge in [-0.2, -0.15) is 4.57 Å². The fraction of sp³-hybridized carbons (Fsp3) is 0.278. The molecule has 1 heterocycles. The fourth-order valence-corrected chi connectivity index (χ4v) is 2.38. The van der Waals surface area contributed by atoms with Crippen molar-refractivity contribution in [3.05, 3.63) is 59.9 Å². The molecule has 5 heteroatoms. The van der Waals surface area contributed by atoms with Gasteiger partial charge >= 0.3 is 0 Å². The fourth-order valence-electron chi connectivity index (χ4n) is 2.38. The number of hydrogen-bond acceptors (Lipinski definition) is 2. The van der Waals surface area contributed by atoms with Gasteiger partial charge in [0.05, 0.1) is 0 Å². The Labute approximate surface area is 136 Å². The number of rotatable bonds is 6. The number of carbonyl (C=O) groups is 2. The molecule has 2 rings (SSSR count). The van der Waals surface area contributed by atoms with Gasteiger partial charge in [0.25, 0.3) is 11.8 Å². The SMILES string of the molecule is CC[C@@H](C)c1ccccc1NC(=O)C[n+]1cccc(C(N)=O)c1. The van der Waals surface area contributed by atoms with Gasteiger partial charge in [0.1, 0.15) is 5.56 Å². The molecule has 2 amide bonds. The predicted octanol–water partition coefficient (Wildman–Crippen LogP) is 2.23. The van der Waals surface area contributed by atoms with Crippen LogP contribution in [0.4, 0.5) is 5.69 Å². The molecule has 0 saturated carbocycles. The van der Waals surface area contributed by atoms with E-state index in [0.29, 0.717) is 11.5 Å². The molecular formula is C18H22N3O2+. The lowest BCUT2D eigenvalue weighted by Crippen LogP contribution is -2.40. The second kappa shape index (κ2) is 7.54. The van der Waals surface area contributed by atoms with Crippen molar-refractivity contribution < 1.29 is 14.2 Å². The zero-order chi connectivity index (χ0) is 16.8. The number of hydrogen-bond donors (Lipinski definition) is 2. The van der Waals surface area contributed by atoms with Crippen LogP contribution in [0.15, 0.2) is 48.8 Å². The van der Waals surface area contributed by atoms with Crippen LogP contribution in [-0.4, -0.2) is 11.8 Å². The summed E-state index contributed by atoms with van der Waals surface area (Å²) in [4.78, 5) is 23.5. The first-order chi connectivity index (χ1) is 11.0. The summed E-state index contributed by atoms with van der Waals surface area (Å²) >= 11 is 0. The van der Waals surface area contributed by atoms with E-state index in [0.717, 1.165) is 17.7 Å². The van der Waals surface area contributed by atoms with Crippen LogP contribution >= 0.6 is 0 Å². The third kappa shape index (κ3) is 4.39. The predicted molar refractivity (Wildman–Crippen MR) is 88.9 cm³/mol. The Kier molecular flexibility index (Phi) is 5.46. The van der Waals surface area contributed by atoms with Crippen LogP contribution in [0.3, 0.4) is 0 Å². The molecule has 5 nitrogen and oxygen atoms in total. The molecule has 120 valence electrons. The van der Waals surface area contributed by atoms with Crippen LogP contribution in [0.25, 0.3) is 0 Å². The zero-order valence-corrected chi connectivity index (χ0v) is 13.5. The molecule has 0 aliphatic carbocycles. The molecule has 1 aromatic carbocycles. The number of para-hydroxylation sites is 1. The number of carbonyl (C=O) groups excluding carboxylic acids is 2. The van der Waals surface area contributed by atoms with E-state index in [4.69, 9.17) is 5.73 Å². The minimum Gasteiger partial charge on any atom is -0.365 e. The van der Waals surface area contributed by atoms with Crippen molar-refractivity contribution >= 4 is 17.5 Å². The lowest BCUT2D eigenvalue weighted by atomic mass is 9.97. The summed E-state index contributed by atoms with van der Waals surface area (Å²) in [5, 5.41) is 2.95. The van der Waals surface area contributed by atoms with E-state index in [1.807, 2.05) is 24.3 Å². The van der Waals surface area contributed by atoms with E-state index < -0.39 is 5.91 Å². The standard InChI is InChI=1S/C18H21N3O2/c1-3-13(2)15-8-4-5-9-16(15)20-17(22)12-21-10-6-7-14(11-21)18(19)23/h4-11,13H,3,12H2,1-2H3,(H2-,19,20,22,23)/p+1/t13-/m1/s1. The Balaban J connectivity index is 2.11. The van der Waals surface area contributed by atoms with Crippen molar-refractivity contribution in [1.29, 1.82) is 0 Å². The Morgan fingerprint density at radius 1 is 1.22 bits per heavy atom. The summed E-state index contributed by atoms with van der Waals surface area (Å²) in [5.74, 6) is -0.286. The number of nitrogens with two attached hydrogens (primary N) is 1. The third-order valence-corrected chi connectivity index (χ3v) is 3.85. The average Bonchev–Trinajstić information content (AvgIpc) is 2.54. The molecule has 0 saturated heterocycles. The Morgan fingerprint density at radius 3 is 2.65 bits per heavy atom. The van der Waals surface area contributed by atoms with Gasteiger partial charge < -0.3 is 11.1 Å². The van der Waals surface area contributed by atoms with Gasteiger partial charge in [-0.05, 0) is 30.0 Å². The highest BCUT2D eigenvalue weighted by atomic mass is 16.2. The highest BCUT2D eigenvalue weighted by Gasteiger charge is 2.15. The normalized spacial score (nSPS) is 11.7. The van der Waals surface area contributed by atoms with Crippen molar-refractivity contribution in [2.24, 2.45) is 5.73 Å². The molecule has 0 aliphatic rings. The van der Waals surface area contributed by atoms with E-state index in [-0.39, 0.29) is 12.5 Å². The molecule has 0 fully saturated rings. The van der Waals surface area contributed by atoms with Gasteiger partial charge in [-0.3, -0.25) is 9.59 Å². The number of nitrogens with one attached hydrogen (secondary N) is 1. The molecule has 1 aromatic heterocycles. The summed E-state index contributed by atoms with van der Waals surface area (Å²) in [6, 6.07) is 11.1. The minimum absolute atomic E-state index is 0.121. The third-order valence-electron chi connectivity index (χ3n) is 3.85. The average molecular weight is 312 g/mol. The largest absolute Gasteiger partial charge is 0.365 e. The van der Waals surface area contributed by atoms with Gasteiger partial charge in [-0.25, -0.2) is 0 Å². The molecule has 0 unspecified atom stereocenters. The van der Waals surface area contributed by atoms with Crippen molar-refractivity contribution in [3.8, 4) is 0 Å². The first kappa shape index (κ1) is 16.7. The summed E-state index contributed by atoms with van der Waals surface area (Å²) in [7, 11) is 0. The van der Waals surface area contributed by atoms with Crippen molar-refractivity contribution in [1.82, 2.24) is 0 Å². The van der Waals surface area contributed by atoms with Crippen LogP contribution in [0.1, 0.15) is 42.1 Å². The summed E-state index contributed by atoms with van der Waals surface area (Å²) < 4.78 is 1.64. The van der Waals surface area contributed by atoms with E-state index >= 15 is 0 Å². The highest BCUT2D eigenvalue weighted by Crippen LogP contribution is 2.26. The van der Waals surface area contributed by atoms with Crippen molar-refractivity contribution in [3.63, 3.8) is 0 Å². The Hall–Kier alpha value is -2.69. The minimum atomic E-state index is -0.512. The summed E-state index contributed by atoms with van der Waals surface area (Å²) in [6.45, 7) is 4.38. The molecule has 23 heavy (non-hydrogen) atoms. The number of benzene rings is 1.